The van der Waals surface area contributed by atoms with Gasteiger partial charge in [0.1, 0.15) is 10.9 Å². The lowest BCUT2D eigenvalue weighted by Crippen LogP contribution is -2.33. The van der Waals surface area contributed by atoms with Crippen molar-refractivity contribution in [1.82, 2.24) is 10.3 Å². The highest BCUT2D eigenvalue weighted by atomic mass is 32.1. The highest BCUT2D eigenvalue weighted by Crippen LogP contribution is 2.43. The van der Waals surface area contributed by atoms with Gasteiger partial charge in [-0.15, -0.1) is 11.3 Å². The zero-order valence-electron chi connectivity index (χ0n) is 17.1. The zero-order valence-corrected chi connectivity index (χ0v) is 17.9. The van der Waals surface area contributed by atoms with Gasteiger partial charge < -0.3 is 10.1 Å². The summed E-state index contributed by atoms with van der Waals surface area (Å²) < 4.78 is 5.92. The normalized spacial score (nSPS) is 20.7. The first-order valence-electron chi connectivity index (χ1n) is 10.2. The first-order valence-corrected chi connectivity index (χ1v) is 11.1. The van der Waals surface area contributed by atoms with E-state index in [0.29, 0.717) is 11.1 Å². The Morgan fingerprint density at radius 2 is 1.86 bits per heavy atom. The maximum Gasteiger partial charge on any atom is 0.337 e. The van der Waals surface area contributed by atoms with Crippen LogP contribution in [0.2, 0.25) is 0 Å². The van der Waals surface area contributed by atoms with Gasteiger partial charge in [0.25, 0.3) is 0 Å². The van der Waals surface area contributed by atoms with Crippen LogP contribution >= 0.6 is 11.3 Å². The van der Waals surface area contributed by atoms with E-state index in [4.69, 9.17) is 4.74 Å². The van der Waals surface area contributed by atoms with Gasteiger partial charge in [-0.25, -0.2) is 9.78 Å². The number of pyridine rings is 1. The number of ketones is 1. The maximum atomic E-state index is 13.3. The van der Waals surface area contributed by atoms with E-state index in [1.54, 1.807) is 13.1 Å². The minimum Gasteiger partial charge on any atom is -0.459 e. The van der Waals surface area contributed by atoms with Crippen LogP contribution in [0.15, 0.2) is 46.2 Å². The molecule has 0 amide bonds. The molecule has 4 rings (SSSR count). The zero-order chi connectivity index (χ0) is 20.5. The molecule has 29 heavy (non-hydrogen) atoms. The van der Waals surface area contributed by atoms with Crippen molar-refractivity contribution >= 4 is 33.3 Å². The molecule has 0 bridgehead atoms. The molecule has 1 atom stereocenters. The van der Waals surface area contributed by atoms with E-state index in [1.807, 2.05) is 31.4 Å². The molecule has 5 nitrogen and oxygen atoms in total. The summed E-state index contributed by atoms with van der Waals surface area (Å²) in [6, 6.07) is 3.89. The number of allylic oxidation sites excluding steroid dienone is 3. The summed E-state index contributed by atoms with van der Waals surface area (Å²) in [6.45, 7) is 5.34. The Morgan fingerprint density at radius 1 is 1.14 bits per heavy atom. The van der Waals surface area contributed by atoms with Crippen LogP contribution in [0.1, 0.15) is 64.4 Å². The van der Waals surface area contributed by atoms with Crippen molar-refractivity contribution in [3.8, 4) is 0 Å². The fraction of sp³-hybridized carbons (Fsp3) is 0.435. The summed E-state index contributed by atoms with van der Waals surface area (Å²) in [4.78, 5) is 31.3. The Labute approximate surface area is 174 Å². The standard InChI is InChI=1S/C23H26N2O3S/c1-13-19(15(3)26)21(18-12-29-22-17(18)10-7-11-24-22)20(14(2)25-13)23(27)28-16-8-5-4-6-9-16/h7,10-12,16,21,25H,4-6,8-9H2,1-3H3. The second kappa shape index (κ2) is 8.11. The molecule has 6 heteroatoms. The van der Waals surface area contributed by atoms with Gasteiger partial charge in [0.15, 0.2) is 5.78 Å². The molecule has 1 unspecified atom stereocenters. The number of ether oxygens (including phenoxy) is 1. The highest BCUT2D eigenvalue weighted by molar-refractivity contribution is 7.16. The van der Waals surface area contributed by atoms with Crippen LogP contribution in [-0.2, 0) is 14.3 Å². The van der Waals surface area contributed by atoms with Crippen molar-refractivity contribution in [3.63, 3.8) is 0 Å². The molecule has 2 aromatic heterocycles. The van der Waals surface area contributed by atoms with Crippen LogP contribution in [-0.4, -0.2) is 22.8 Å². The Kier molecular flexibility index (Phi) is 5.54. The van der Waals surface area contributed by atoms with Gasteiger partial charge in [0, 0.05) is 34.5 Å². The van der Waals surface area contributed by atoms with Crippen molar-refractivity contribution in [2.24, 2.45) is 0 Å². The Hall–Kier alpha value is -2.47. The Morgan fingerprint density at radius 3 is 2.59 bits per heavy atom. The molecule has 0 aromatic carbocycles. The molecular formula is C23H26N2O3S. The van der Waals surface area contributed by atoms with Crippen LogP contribution in [0.3, 0.4) is 0 Å². The van der Waals surface area contributed by atoms with Gasteiger partial charge in [-0.2, -0.15) is 0 Å². The number of nitrogens with one attached hydrogen (secondary N) is 1. The van der Waals surface area contributed by atoms with Crippen molar-refractivity contribution in [1.29, 1.82) is 0 Å². The fourth-order valence-corrected chi connectivity index (χ4v) is 5.49. The lowest BCUT2D eigenvalue weighted by Gasteiger charge is -2.31. The summed E-state index contributed by atoms with van der Waals surface area (Å²) in [5.41, 5.74) is 3.64. The number of Topliss-reactive ketones (excluding diaryl/α,β-unsaturated/α-hetero) is 1. The van der Waals surface area contributed by atoms with Crippen LogP contribution < -0.4 is 5.32 Å². The molecule has 0 radical (unpaired) electrons. The highest BCUT2D eigenvalue weighted by Gasteiger charge is 2.38. The smallest absolute Gasteiger partial charge is 0.337 e. The van der Waals surface area contributed by atoms with Crippen molar-refractivity contribution < 1.29 is 14.3 Å². The van der Waals surface area contributed by atoms with E-state index >= 15 is 0 Å². The third kappa shape index (κ3) is 3.73. The molecule has 152 valence electrons. The van der Waals surface area contributed by atoms with E-state index < -0.39 is 5.92 Å². The molecule has 2 aliphatic rings. The number of dihydropyridines is 1. The first kappa shape index (κ1) is 19.8. The monoisotopic (exact) mass is 410 g/mol. The van der Waals surface area contributed by atoms with E-state index in [2.05, 4.69) is 10.3 Å². The second-order valence-electron chi connectivity index (χ2n) is 7.90. The molecule has 1 fully saturated rings. The molecule has 1 aliphatic heterocycles. The summed E-state index contributed by atoms with van der Waals surface area (Å²) in [6.07, 6.45) is 6.94. The quantitative estimate of drug-likeness (QED) is 0.719. The van der Waals surface area contributed by atoms with Crippen LogP contribution in [0.5, 0.6) is 0 Å². The molecule has 3 heterocycles. The van der Waals surface area contributed by atoms with E-state index in [0.717, 1.165) is 52.9 Å². The van der Waals surface area contributed by atoms with Gasteiger partial charge in [-0.1, -0.05) is 12.5 Å². The number of carbonyl (C=O) groups excluding carboxylic acids is 2. The molecule has 1 N–H and O–H groups in total. The SMILES string of the molecule is CC(=O)C1=C(C)NC(C)=C(C(=O)OC2CCCCC2)C1c1csc2ncccc12. The second-order valence-corrected chi connectivity index (χ2v) is 8.76. The van der Waals surface area contributed by atoms with Crippen molar-refractivity contribution in [2.45, 2.75) is 64.9 Å². The van der Waals surface area contributed by atoms with Crippen molar-refractivity contribution in [2.75, 3.05) is 0 Å². The minimum atomic E-state index is -0.442. The van der Waals surface area contributed by atoms with Crippen molar-refractivity contribution in [3.05, 3.63) is 51.8 Å². The minimum absolute atomic E-state index is 0.0362. The number of nitrogens with zero attached hydrogens (tertiary/aromatic N) is 1. The predicted octanol–water partition coefficient (Wildman–Crippen LogP) is 5.00. The number of hydrogen-bond acceptors (Lipinski definition) is 6. The topological polar surface area (TPSA) is 68.3 Å². The Balaban J connectivity index is 1.80. The average Bonchev–Trinajstić information content (AvgIpc) is 3.11. The third-order valence-electron chi connectivity index (χ3n) is 5.88. The Bertz CT molecular complexity index is 1030. The number of hydrogen-bond donors (Lipinski definition) is 1. The predicted molar refractivity (Wildman–Crippen MR) is 115 cm³/mol. The summed E-state index contributed by atoms with van der Waals surface area (Å²) in [5.74, 6) is -0.803. The molecule has 1 saturated carbocycles. The first-order chi connectivity index (χ1) is 14.0. The van der Waals surface area contributed by atoms with Crippen LogP contribution in [0.4, 0.5) is 0 Å². The van der Waals surface area contributed by atoms with Gasteiger partial charge in [-0.05, 0) is 63.5 Å². The van der Waals surface area contributed by atoms with E-state index in [9.17, 15) is 9.59 Å². The number of carbonyl (C=O) groups is 2. The lowest BCUT2D eigenvalue weighted by atomic mass is 9.79. The number of esters is 1. The van der Waals surface area contributed by atoms with Gasteiger partial charge in [-0.3, -0.25) is 4.79 Å². The molecule has 0 spiro atoms. The van der Waals surface area contributed by atoms with E-state index in [1.165, 1.54) is 17.8 Å². The van der Waals surface area contributed by atoms with Gasteiger partial charge >= 0.3 is 5.97 Å². The lowest BCUT2D eigenvalue weighted by molar-refractivity contribution is -0.146. The van der Waals surface area contributed by atoms with Crippen LogP contribution in [0, 0.1) is 0 Å². The number of aromatic nitrogens is 1. The largest absolute Gasteiger partial charge is 0.459 e. The molecular weight excluding hydrogens is 384 g/mol. The number of thiophene rings is 1. The van der Waals surface area contributed by atoms with E-state index in [-0.39, 0.29) is 17.9 Å². The summed E-state index contributed by atoms with van der Waals surface area (Å²) in [5, 5.41) is 6.24. The van der Waals surface area contributed by atoms with Crippen LogP contribution in [0.25, 0.3) is 10.2 Å². The summed E-state index contributed by atoms with van der Waals surface area (Å²) in [7, 11) is 0. The number of rotatable bonds is 4. The number of fused-ring (bicyclic) bond motifs is 1. The molecule has 0 saturated heterocycles. The van der Waals surface area contributed by atoms with Gasteiger partial charge in [0.2, 0.25) is 0 Å². The third-order valence-corrected chi connectivity index (χ3v) is 6.80. The molecule has 2 aromatic rings. The van der Waals surface area contributed by atoms with Gasteiger partial charge in [0.05, 0.1) is 5.57 Å². The maximum absolute atomic E-state index is 13.3. The average molecular weight is 411 g/mol. The fourth-order valence-electron chi connectivity index (χ4n) is 4.55. The molecule has 1 aliphatic carbocycles. The summed E-state index contributed by atoms with van der Waals surface area (Å²) >= 11 is 1.53.